The first-order valence-electron chi connectivity index (χ1n) is 7.14. The Morgan fingerprint density at radius 3 is 2.59 bits per heavy atom. The lowest BCUT2D eigenvalue weighted by atomic mass is 10.3. The number of amides is 1. The summed E-state index contributed by atoms with van der Waals surface area (Å²) in [6, 6.07) is 13.1. The van der Waals surface area contributed by atoms with E-state index in [0.717, 1.165) is 5.69 Å². The summed E-state index contributed by atoms with van der Waals surface area (Å²) in [6.45, 7) is 3.94. The fourth-order valence-electron chi connectivity index (χ4n) is 2.21. The first kappa shape index (κ1) is 14.1. The summed E-state index contributed by atoms with van der Waals surface area (Å²) in [4.78, 5) is 18.8. The monoisotopic (exact) mass is 295 g/mol. The van der Waals surface area contributed by atoms with E-state index in [1.807, 2.05) is 44.2 Å². The van der Waals surface area contributed by atoms with E-state index in [1.54, 1.807) is 29.4 Å². The highest BCUT2D eigenvalue weighted by atomic mass is 16.3. The number of benzene rings is 1. The van der Waals surface area contributed by atoms with Gasteiger partial charge in [0.1, 0.15) is 11.5 Å². The van der Waals surface area contributed by atoms with Gasteiger partial charge in [0.15, 0.2) is 0 Å². The fraction of sp³-hybridized carbons (Fsp3) is 0.176. The number of para-hydroxylation sites is 1. The van der Waals surface area contributed by atoms with Gasteiger partial charge >= 0.3 is 0 Å². The summed E-state index contributed by atoms with van der Waals surface area (Å²) in [6.07, 6.45) is 3.25. The maximum atomic E-state index is 12.7. The molecular formula is C17H17N3O2. The molecule has 1 aliphatic heterocycles. The summed E-state index contributed by atoms with van der Waals surface area (Å²) in [5.74, 6) is 1.00. The molecule has 2 heterocycles. The van der Waals surface area contributed by atoms with Crippen molar-refractivity contribution in [2.24, 2.45) is 4.99 Å². The molecule has 1 saturated heterocycles. The van der Waals surface area contributed by atoms with Gasteiger partial charge in [-0.2, -0.15) is 0 Å². The molecule has 112 valence electrons. The van der Waals surface area contributed by atoms with Crippen LogP contribution in [-0.4, -0.2) is 17.9 Å². The van der Waals surface area contributed by atoms with Gasteiger partial charge in [0, 0.05) is 12.1 Å². The van der Waals surface area contributed by atoms with E-state index in [0.29, 0.717) is 17.4 Å². The van der Waals surface area contributed by atoms with E-state index in [9.17, 15) is 4.79 Å². The Bertz CT molecular complexity index is 716. The van der Waals surface area contributed by atoms with Gasteiger partial charge in [-0.05, 0) is 38.1 Å². The minimum atomic E-state index is -0.151. The van der Waals surface area contributed by atoms with Crippen molar-refractivity contribution in [3.05, 3.63) is 60.2 Å². The van der Waals surface area contributed by atoms with Crippen molar-refractivity contribution in [2.75, 3.05) is 4.90 Å². The topological polar surface area (TPSA) is 57.8 Å². The maximum absolute atomic E-state index is 12.7. The molecular weight excluding hydrogens is 278 g/mol. The summed E-state index contributed by atoms with van der Waals surface area (Å²) in [7, 11) is 0. The molecule has 3 rings (SSSR count). The number of nitrogens with zero attached hydrogens (tertiary/aromatic N) is 2. The highest BCUT2D eigenvalue weighted by molar-refractivity contribution is 6.29. The van der Waals surface area contributed by atoms with Crippen LogP contribution in [0.5, 0.6) is 0 Å². The van der Waals surface area contributed by atoms with Crippen molar-refractivity contribution in [1.82, 2.24) is 5.32 Å². The van der Waals surface area contributed by atoms with Crippen LogP contribution >= 0.6 is 0 Å². The Labute approximate surface area is 129 Å². The highest BCUT2D eigenvalue weighted by Crippen LogP contribution is 2.22. The Kier molecular flexibility index (Phi) is 3.78. The zero-order valence-electron chi connectivity index (χ0n) is 12.5. The summed E-state index contributed by atoms with van der Waals surface area (Å²) in [5.41, 5.74) is 1.22. The molecule has 1 amide bonds. The number of aliphatic imine (C=N–C) groups is 1. The van der Waals surface area contributed by atoms with Gasteiger partial charge in [-0.15, -0.1) is 0 Å². The molecule has 0 aliphatic carbocycles. The minimum absolute atomic E-state index is 0.0736. The molecule has 0 radical (unpaired) electrons. The second-order valence-electron chi connectivity index (χ2n) is 5.22. The number of furan rings is 1. The number of carbonyl (C=O) groups is 1. The van der Waals surface area contributed by atoms with Crippen LogP contribution in [0.3, 0.4) is 0 Å². The third kappa shape index (κ3) is 2.79. The van der Waals surface area contributed by atoms with E-state index in [1.165, 1.54) is 0 Å². The Morgan fingerprint density at radius 2 is 1.95 bits per heavy atom. The lowest BCUT2D eigenvalue weighted by Crippen LogP contribution is -2.33. The molecule has 5 heteroatoms. The van der Waals surface area contributed by atoms with E-state index < -0.39 is 0 Å². The Morgan fingerprint density at radius 1 is 1.18 bits per heavy atom. The number of rotatable bonds is 3. The summed E-state index contributed by atoms with van der Waals surface area (Å²) >= 11 is 0. The van der Waals surface area contributed by atoms with Gasteiger partial charge in [0.05, 0.1) is 12.0 Å². The third-order valence-electron chi connectivity index (χ3n) is 3.12. The minimum Gasteiger partial charge on any atom is -0.465 e. The SMILES string of the molecule is CC(C)N=C1NC(=Cc2ccco2)C(=O)N1c1ccccc1. The maximum Gasteiger partial charge on any atom is 0.281 e. The number of hydrogen-bond acceptors (Lipinski definition) is 3. The van der Waals surface area contributed by atoms with Gasteiger partial charge in [-0.25, -0.2) is 9.89 Å². The van der Waals surface area contributed by atoms with Crippen LogP contribution in [0.25, 0.3) is 6.08 Å². The van der Waals surface area contributed by atoms with Gasteiger partial charge in [0.25, 0.3) is 5.91 Å². The molecule has 0 atom stereocenters. The molecule has 1 aromatic carbocycles. The number of anilines is 1. The predicted octanol–water partition coefficient (Wildman–Crippen LogP) is 3.02. The van der Waals surface area contributed by atoms with Crippen molar-refractivity contribution in [1.29, 1.82) is 0 Å². The second kappa shape index (κ2) is 5.89. The molecule has 0 bridgehead atoms. The molecule has 1 N–H and O–H groups in total. The molecule has 22 heavy (non-hydrogen) atoms. The zero-order chi connectivity index (χ0) is 15.5. The smallest absolute Gasteiger partial charge is 0.281 e. The van der Waals surface area contributed by atoms with Crippen LogP contribution in [-0.2, 0) is 4.79 Å². The summed E-state index contributed by atoms with van der Waals surface area (Å²) in [5, 5.41) is 3.09. The second-order valence-corrected chi connectivity index (χ2v) is 5.22. The van der Waals surface area contributed by atoms with Crippen LogP contribution in [0.2, 0.25) is 0 Å². The number of nitrogens with one attached hydrogen (secondary N) is 1. The highest BCUT2D eigenvalue weighted by Gasteiger charge is 2.33. The van der Waals surface area contributed by atoms with E-state index in [4.69, 9.17) is 4.42 Å². The summed E-state index contributed by atoms with van der Waals surface area (Å²) < 4.78 is 5.27. The van der Waals surface area contributed by atoms with Gasteiger partial charge < -0.3 is 9.73 Å². The van der Waals surface area contributed by atoms with Crippen molar-refractivity contribution in [3.63, 3.8) is 0 Å². The average Bonchev–Trinajstić information content (AvgIpc) is 3.09. The van der Waals surface area contributed by atoms with Crippen LogP contribution < -0.4 is 10.2 Å². The molecule has 0 saturated carbocycles. The van der Waals surface area contributed by atoms with Crippen LogP contribution in [0.15, 0.2) is 63.8 Å². The normalized spacial score (nSPS) is 18.5. The number of guanidine groups is 1. The van der Waals surface area contributed by atoms with Crippen molar-refractivity contribution in [2.45, 2.75) is 19.9 Å². The first-order valence-corrected chi connectivity index (χ1v) is 7.14. The van der Waals surface area contributed by atoms with E-state index in [2.05, 4.69) is 10.3 Å². The Hall–Kier alpha value is -2.82. The van der Waals surface area contributed by atoms with Gasteiger partial charge in [0.2, 0.25) is 5.96 Å². The fourth-order valence-corrected chi connectivity index (χ4v) is 2.21. The van der Waals surface area contributed by atoms with Crippen molar-refractivity contribution >= 4 is 23.6 Å². The zero-order valence-corrected chi connectivity index (χ0v) is 12.5. The average molecular weight is 295 g/mol. The lowest BCUT2D eigenvalue weighted by Gasteiger charge is -2.15. The molecule has 1 aromatic heterocycles. The third-order valence-corrected chi connectivity index (χ3v) is 3.12. The largest absolute Gasteiger partial charge is 0.465 e. The molecule has 5 nitrogen and oxygen atoms in total. The number of hydrogen-bond donors (Lipinski definition) is 1. The lowest BCUT2D eigenvalue weighted by molar-refractivity contribution is -0.113. The van der Waals surface area contributed by atoms with E-state index >= 15 is 0 Å². The molecule has 2 aromatic rings. The van der Waals surface area contributed by atoms with E-state index in [-0.39, 0.29) is 11.9 Å². The molecule has 1 aliphatic rings. The predicted molar refractivity (Wildman–Crippen MR) is 86.3 cm³/mol. The molecule has 1 fully saturated rings. The van der Waals surface area contributed by atoms with Crippen LogP contribution in [0, 0.1) is 0 Å². The first-order chi connectivity index (χ1) is 10.6. The van der Waals surface area contributed by atoms with Crippen molar-refractivity contribution in [3.8, 4) is 0 Å². The van der Waals surface area contributed by atoms with Gasteiger partial charge in [-0.3, -0.25) is 4.79 Å². The Balaban J connectivity index is 2.01. The standard InChI is InChI=1S/C17H17N3O2/c1-12(2)18-17-19-15(11-14-9-6-10-22-14)16(21)20(17)13-7-4-3-5-8-13/h3-12H,1-2H3,(H,18,19). The van der Waals surface area contributed by atoms with Gasteiger partial charge in [-0.1, -0.05) is 18.2 Å². The molecule has 0 unspecified atom stereocenters. The molecule has 0 spiro atoms. The quantitative estimate of drug-likeness (QED) is 0.886. The van der Waals surface area contributed by atoms with Crippen LogP contribution in [0.4, 0.5) is 5.69 Å². The van der Waals surface area contributed by atoms with Crippen LogP contribution in [0.1, 0.15) is 19.6 Å². The number of carbonyl (C=O) groups excluding carboxylic acids is 1. The van der Waals surface area contributed by atoms with Crippen molar-refractivity contribution < 1.29 is 9.21 Å².